The summed E-state index contributed by atoms with van der Waals surface area (Å²) in [7, 11) is 1.41. The number of halogens is 2. The van der Waals surface area contributed by atoms with Gasteiger partial charge < -0.3 is 10.5 Å². The van der Waals surface area contributed by atoms with E-state index in [1.807, 2.05) is 0 Å². The van der Waals surface area contributed by atoms with Crippen molar-refractivity contribution in [2.75, 3.05) is 13.7 Å². The van der Waals surface area contributed by atoms with Crippen LogP contribution < -0.4 is 10.5 Å². The van der Waals surface area contributed by atoms with Crippen LogP contribution in [0.3, 0.4) is 0 Å². The van der Waals surface area contributed by atoms with Crippen LogP contribution >= 0.6 is 11.6 Å². The van der Waals surface area contributed by atoms with Crippen molar-refractivity contribution in [1.82, 2.24) is 0 Å². The minimum atomic E-state index is -0.412. The fraction of sp³-hybridized carbons (Fsp3) is 0.500. The van der Waals surface area contributed by atoms with Crippen molar-refractivity contribution in [2.45, 2.75) is 24.7 Å². The van der Waals surface area contributed by atoms with Gasteiger partial charge in [-0.25, -0.2) is 4.39 Å². The quantitative estimate of drug-likeness (QED) is 0.886. The molecule has 0 spiro atoms. The molecule has 1 aliphatic carbocycles. The molecule has 0 heterocycles. The molecule has 1 aromatic rings. The molecule has 2 N–H and O–H groups in total. The molecule has 1 aromatic carbocycles. The third-order valence-corrected chi connectivity index (χ3v) is 3.80. The maximum Gasteiger partial charge on any atom is 0.173 e. The average molecular weight is 244 g/mol. The summed E-state index contributed by atoms with van der Waals surface area (Å²) >= 11 is 5.97. The van der Waals surface area contributed by atoms with Gasteiger partial charge in [0.25, 0.3) is 0 Å². The van der Waals surface area contributed by atoms with E-state index in [2.05, 4.69) is 0 Å². The third-order valence-electron chi connectivity index (χ3n) is 3.52. The van der Waals surface area contributed by atoms with Gasteiger partial charge in [0, 0.05) is 12.0 Å². The van der Waals surface area contributed by atoms with Gasteiger partial charge >= 0.3 is 0 Å². The zero-order valence-electron chi connectivity index (χ0n) is 9.22. The van der Waals surface area contributed by atoms with Gasteiger partial charge in [0.05, 0.1) is 12.1 Å². The zero-order chi connectivity index (χ0) is 11.8. The molecular formula is C12H15ClFNO. The van der Waals surface area contributed by atoms with Crippen LogP contribution in [0.15, 0.2) is 12.1 Å². The van der Waals surface area contributed by atoms with Gasteiger partial charge in [0.2, 0.25) is 0 Å². The summed E-state index contributed by atoms with van der Waals surface area (Å²) in [5.41, 5.74) is 6.60. The van der Waals surface area contributed by atoms with Gasteiger partial charge in [-0.15, -0.1) is 0 Å². The number of hydrogen-bond acceptors (Lipinski definition) is 2. The van der Waals surface area contributed by atoms with Crippen LogP contribution in [-0.2, 0) is 5.41 Å². The Labute approximate surface area is 99.5 Å². The van der Waals surface area contributed by atoms with Crippen LogP contribution in [0.5, 0.6) is 5.75 Å². The lowest BCUT2D eigenvalue weighted by molar-refractivity contribution is 0.251. The SMILES string of the molecule is COc1c(F)cc(C2(CN)CCC2)cc1Cl. The smallest absolute Gasteiger partial charge is 0.173 e. The molecular weight excluding hydrogens is 229 g/mol. The van der Waals surface area contributed by atoms with E-state index in [9.17, 15) is 4.39 Å². The van der Waals surface area contributed by atoms with Crippen molar-refractivity contribution in [1.29, 1.82) is 0 Å². The molecule has 0 radical (unpaired) electrons. The van der Waals surface area contributed by atoms with Gasteiger partial charge in [-0.1, -0.05) is 18.0 Å². The number of methoxy groups -OCH3 is 1. The lowest BCUT2D eigenvalue weighted by atomic mass is 9.64. The van der Waals surface area contributed by atoms with Crippen molar-refractivity contribution in [3.63, 3.8) is 0 Å². The van der Waals surface area contributed by atoms with Crippen LogP contribution in [0.25, 0.3) is 0 Å². The fourth-order valence-corrected chi connectivity index (χ4v) is 2.56. The molecule has 0 bridgehead atoms. The highest BCUT2D eigenvalue weighted by Crippen LogP contribution is 2.45. The molecule has 0 atom stereocenters. The first kappa shape index (κ1) is 11.7. The summed E-state index contributed by atoms with van der Waals surface area (Å²) in [4.78, 5) is 0. The van der Waals surface area contributed by atoms with Gasteiger partial charge in [-0.05, 0) is 30.5 Å². The molecule has 88 valence electrons. The zero-order valence-corrected chi connectivity index (χ0v) is 9.98. The molecule has 4 heteroatoms. The van der Waals surface area contributed by atoms with E-state index < -0.39 is 5.82 Å². The van der Waals surface area contributed by atoms with E-state index in [-0.39, 0.29) is 11.2 Å². The highest BCUT2D eigenvalue weighted by atomic mass is 35.5. The number of ether oxygens (including phenoxy) is 1. The van der Waals surface area contributed by atoms with Gasteiger partial charge in [0.15, 0.2) is 11.6 Å². The van der Waals surface area contributed by atoms with Crippen molar-refractivity contribution < 1.29 is 9.13 Å². The van der Waals surface area contributed by atoms with E-state index in [1.165, 1.54) is 13.2 Å². The maximum absolute atomic E-state index is 13.7. The van der Waals surface area contributed by atoms with Crippen molar-refractivity contribution in [3.8, 4) is 5.75 Å². The highest BCUT2D eigenvalue weighted by Gasteiger charge is 2.38. The molecule has 0 aromatic heterocycles. The number of benzene rings is 1. The fourth-order valence-electron chi connectivity index (χ4n) is 2.28. The summed E-state index contributed by atoms with van der Waals surface area (Å²) in [6.07, 6.45) is 3.15. The topological polar surface area (TPSA) is 35.2 Å². The Kier molecular flexibility index (Phi) is 3.08. The molecule has 1 saturated carbocycles. The van der Waals surface area contributed by atoms with E-state index in [4.69, 9.17) is 22.1 Å². The van der Waals surface area contributed by atoms with E-state index in [0.717, 1.165) is 24.8 Å². The van der Waals surface area contributed by atoms with Crippen LogP contribution in [0.1, 0.15) is 24.8 Å². The van der Waals surface area contributed by atoms with Crippen molar-refractivity contribution in [2.24, 2.45) is 5.73 Å². The molecule has 2 rings (SSSR count). The van der Waals surface area contributed by atoms with Crippen LogP contribution in [0.2, 0.25) is 5.02 Å². The predicted molar refractivity (Wildman–Crippen MR) is 62.5 cm³/mol. The monoisotopic (exact) mass is 243 g/mol. The standard InChI is InChI=1S/C12H15ClFNO/c1-16-11-9(13)5-8(6-10(11)14)12(7-15)3-2-4-12/h5-6H,2-4,7,15H2,1H3. The average Bonchev–Trinajstić information content (AvgIpc) is 2.16. The minimum Gasteiger partial charge on any atom is -0.492 e. The molecule has 1 fully saturated rings. The van der Waals surface area contributed by atoms with E-state index in [0.29, 0.717) is 11.6 Å². The number of hydrogen-bond donors (Lipinski definition) is 1. The summed E-state index contributed by atoms with van der Waals surface area (Å²) in [5.74, 6) is -0.304. The van der Waals surface area contributed by atoms with Gasteiger partial charge in [-0.3, -0.25) is 0 Å². The Hall–Kier alpha value is -0.800. The first-order valence-electron chi connectivity index (χ1n) is 5.36. The normalized spacial score (nSPS) is 18.0. The van der Waals surface area contributed by atoms with Crippen LogP contribution in [0.4, 0.5) is 4.39 Å². The lowest BCUT2D eigenvalue weighted by Gasteiger charge is -2.41. The summed E-state index contributed by atoms with van der Waals surface area (Å²) in [6.45, 7) is 0.537. The van der Waals surface area contributed by atoms with Gasteiger partial charge in [0.1, 0.15) is 0 Å². The lowest BCUT2D eigenvalue weighted by Crippen LogP contribution is -2.41. The molecule has 0 aliphatic heterocycles. The molecule has 0 amide bonds. The highest BCUT2D eigenvalue weighted by molar-refractivity contribution is 6.32. The Morgan fingerprint density at radius 3 is 2.56 bits per heavy atom. The summed E-state index contributed by atoms with van der Waals surface area (Å²) in [6, 6.07) is 3.27. The Morgan fingerprint density at radius 2 is 2.19 bits per heavy atom. The molecule has 16 heavy (non-hydrogen) atoms. The first-order chi connectivity index (χ1) is 7.63. The second-order valence-electron chi connectivity index (χ2n) is 4.31. The van der Waals surface area contributed by atoms with Crippen LogP contribution in [-0.4, -0.2) is 13.7 Å². The van der Waals surface area contributed by atoms with Gasteiger partial charge in [-0.2, -0.15) is 0 Å². The van der Waals surface area contributed by atoms with Crippen molar-refractivity contribution in [3.05, 3.63) is 28.5 Å². The Morgan fingerprint density at radius 1 is 1.50 bits per heavy atom. The minimum absolute atomic E-state index is 0.0727. The molecule has 2 nitrogen and oxygen atoms in total. The second kappa shape index (κ2) is 4.22. The predicted octanol–water partition coefficient (Wildman–Crippen LogP) is 2.87. The Balaban J connectivity index is 2.43. The largest absolute Gasteiger partial charge is 0.492 e. The van der Waals surface area contributed by atoms with Crippen molar-refractivity contribution >= 4 is 11.6 Å². The van der Waals surface area contributed by atoms with E-state index >= 15 is 0 Å². The molecule has 0 saturated heterocycles. The Bertz CT molecular complexity index is 375. The molecule has 1 aliphatic rings. The molecule has 0 unspecified atom stereocenters. The van der Waals surface area contributed by atoms with E-state index in [1.54, 1.807) is 6.07 Å². The van der Waals surface area contributed by atoms with Crippen LogP contribution in [0, 0.1) is 5.82 Å². The summed E-state index contributed by atoms with van der Waals surface area (Å²) < 4.78 is 18.6. The maximum atomic E-state index is 13.7. The first-order valence-corrected chi connectivity index (χ1v) is 5.74. The summed E-state index contributed by atoms with van der Waals surface area (Å²) in [5, 5.41) is 0.317. The third kappa shape index (κ3) is 1.68. The number of rotatable bonds is 3. The second-order valence-corrected chi connectivity index (χ2v) is 4.72. The number of nitrogens with two attached hydrogens (primary N) is 1.